The van der Waals surface area contributed by atoms with Crippen molar-refractivity contribution in [1.82, 2.24) is 4.90 Å². The smallest absolute Gasteiger partial charge is 0.308 e. The number of carboxylic acid groups (broad SMARTS) is 1. The molecule has 1 heterocycles. The third-order valence-corrected chi connectivity index (χ3v) is 3.73. The number of amides is 1. The molecule has 0 fully saturated rings. The number of aryl methyl sites for hydroxylation is 1. The average Bonchev–Trinajstić information content (AvgIpc) is 2.81. The largest absolute Gasteiger partial charge is 0.481 e. The molecule has 1 rings (SSSR count). The van der Waals surface area contributed by atoms with Gasteiger partial charge in [0, 0.05) is 24.9 Å². The molecule has 0 saturated carbocycles. The van der Waals surface area contributed by atoms with Gasteiger partial charge in [-0.1, -0.05) is 13.0 Å². The van der Waals surface area contributed by atoms with Crippen molar-refractivity contribution in [2.24, 2.45) is 5.92 Å². The number of rotatable bonds is 7. The zero-order valence-electron chi connectivity index (χ0n) is 10.8. The van der Waals surface area contributed by atoms with Crippen LogP contribution in [0.5, 0.6) is 0 Å². The van der Waals surface area contributed by atoms with Gasteiger partial charge in [0.25, 0.3) is 0 Å². The Morgan fingerprint density at radius 3 is 2.78 bits per heavy atom. The fourth-order valence-electron chi connectivity index (χ4n) is 1.65. The highest BCUT2D eigenvalue weighted by atomic mass is 32.1. The van der Waals surface area contributed by atoms with Gasteiger partial charge in [0.05, 0.1) is 5.92 Å². The van der Waals surface area contributed by atoms with Crippen LogP contribution in [0, 0.1) is 5.92 Å². The molecule has 0 saturated heterocycles. The third kappa shape index (κ3) is 4.87. The fraction of sp³-hybridized carbons (Fsp3) is 0.538. The highest BCUT2D eigenvalue weighted by Crippen LogP contribution is 2.12. The molecule has 1 amide bonds. The Kier molecular flexibility index (Phi) is 5.85. The number of carbonyl (C=O) groups is 2. The van der Waals surface area contributed by atoms with Gasteiger partial charge in [0.15, 0.2) is 0 Å². The molecule has 0 aliphatic heterocycles. The first-order valence-electron chi connectivity index (χ1n) is 6.00. The van der Waals surface area contributed by atoms with Crippen LogP contribution >= 0.6 is 11.3 Å². The van der Waals surface area contributed by atoms with Crippen molar-refractivity contribution in [1.29, 1.82) is 0 Å². The first kappa shape index (κ1) is 14.7. The number of thiophene rings is 1. The van der Waals surface area contributed by atoms with Gasteiger partial charge in [0.1, 0.15) is 0 Å². The molecule has 4 nitrogen and oxygen atoms in total. The number of carbonyl (C=O) groups excluding carboxylic acids is 1. The Balaban J connectivity index is 2.25. The summed E-state index contributed by atoms with van der Waals surface area (Å²) in [6.45, 7) is 1.88. The highest BCUT2D eigenvalue weighted by Gasteiger charge is 2.16. The van der Waals surface area contributed by atoms with Crippen LogP contribution in [0.2, 0.25) is 0 Å². The lowest BCUT2D eigenvalue weighted by Gasteiger charge is -2.19. The molecule has 18 heavy (non-hydrogen) atoms. The predicted molar refractivity (Wildman–Crippen MR) is 71.7 cm³/mol. The number of carboxylic acids is 1. The Bertz CT molecular complexity index is 389. The van der Waals surface area contributed by atoms with Gasteiger partial charge in [0.2, 0.25) is 5.91 Å². The SMILES string of the molecule is CC(CN(C)C(=O)CCCc1cccs1)C(=O)O. The summed E-state index contributed by atoms with van der Waals surface area (Å²) in [4.78, 5) is 25.2. The van der Waals surface area contributed by atoms with Crippen molar-refractivity contribution in [2.45, 2.75) is 26.2 Å². The molecule has 1 N–H and O–H groups in total. The van der Waals surface area contributed by atoms with Gasteiger partial charge in [-0.25, -0.2) is 0 Å². The average molecular weight is 269 g/mol. The number of aliphatic carboxylic acids is 1. The summed E-state index contributed by atoms with van der Waals surface area (Å²) in [5.74, 6) is -1.37. The lowest BCUT2D eigenvalue weighted by molar-refractivity contribution is -0.142. The second-order valence-electron chi connectivity index (χ2n) is 4.45. The molecule has 1 aromatic rings. The minimum Gasteiger partial charge on any atom is -0.481 e. The van der Waals surface area contributed by atoms with E-state index < -0.39 is 11.9 Å². The molecule has 0 spiro atoms. The predicted octanol–water partition coefficient (Wildman–Crippen LogP) is 2.25. The molecule has 0 aromatic carbocycles. The first-order valence-corrected chi connectivity index (χ1v) is 6.88. The van der Waals surface area contributed by atoms with Crippen molar-refractivity contribution in [3.05, 3.63) is 22.4 Å². The molecule has 0 aliphatic carbocycles. The Labute approximate surface area is 111 Å². The van der Waals surface area contributed by atoms with E-state index in [4.69, 9.17) is 5.11 Å². The lowest BCUT2D eigenvalue weighted by atomic mass is 10.1. The minimum atomic E-state index is -0.867. The summed E-state index contributed by atoms with van der Waals surface area (Å²) in [7, 11) is 1.66. The standard InChI is InChI=1S/C13H19NO3S/c1-10(13(16)17)9-14(2)12(15)7-3-5-11-6-4-8-18-11/h4,6,8,10H,3,5,7,9H2,1-2H3,(H,16,17). The third-order valence-electron chi connectivity index (χ3n) is 2.79. The monoisotopic (exact) mass is 269 g/mol. The van der Waals surface area contributed by atoms with Crippen LogP contribution in [0.3, 0.4) is 0 Å². The molecule has 1 unspecified atom stereocenters. The highest BCUT2D eigenvalue weighted by molar-refractivity contribution is 7.09. The van der Waals surface area contributed by atoms with E-state index >= 15 is 0 Å². The van der Waals surface area contributed by atoms with Gasteiger partial charge in [-0.05, 0) is 24.3 Å². The Hall–Kier alpha value is -1.36. The van der Waals surface area contributed by atoms with E-state index in [1.807, 2.05) is 11.4 Å². The molecular weight excluding hydrogens is 250 g/mol. The maximum absolute atomic E-state index is 11.8. The van der Waals surface area contributed by atoms with Gasteiger partial charge in [-0.2, -0.15) is 0 Å². The van der Waals surface area contributed by atoms with Crippen molar-refractivity contribution >= 4 is 23.2 Å². The van der Waals surface area contributed by atoms with Gasteiger partial charge >= 0.3 is 5.97 Å². The summed E-state index contributed by atoms with van der Waals surface area (Å²) in [5.41, 5.74) is 0. The lowest BCUT2D eigenvalue weighted by Crippen LogP contribution is -2.33. The summed E-state index contributed by atoms with van der Waals surface area (Å²) >= 11 is 1.69. The Morgan fingerprint density at radius 1 is 1.50 bits per heavy atom. The normalized spacial score (nSPS) is 12.1. The summed E-state index contributed by atoms with van der Waals surface area (Å²) in [6, 6.07) is 4.06. The second-order valence-corrected chi connectivity index (χ2v) is 5.48. The van der Waals surface area contributed by atoms with E-state index in [9.17, 15) is 9.59 Å². The molecule has 1 aromatic heterocycles. The van der Waals surface area contributed by atoms with Crippen LogP contribution in [0.25, 0.3) is 0 Å². The maximum Gasteiger partial charge on any atom is 0.308 e. The topological polar surface area (TPSA) is 57.6 Å². The van der Waals surface area contributed by atoms with Crippen molar-refractivity contribution < 1.29 is 14.7 Å². The van der Waals surface area contributed by atoms with Gasteiger partial charge in [-0.3, -0.25) is 9.59 Å². The molecule has 0 aliphatic rings. The van der Waals surface area contributed by atoms with Gasteiger partial charge < -0.3 is 10.0 Å². The molecule has 5 heteroatoms. The van der Waals surface area contributed by atoms with E-state index in [2.05, 4.69) is 6.07 Å². The van der Waals surface area contributed by atoms with Crippen molar-refractivity contribution in [3.8, 4) is 0 Å². The number of hydrogen-bond donors (Lipinski definition) is 1. The Morgan fingerprint density at radius 2 is 2.22 bits per heavy atom. The van der Waals surface area contributed by atoms with Gasteiger partial charge in [-0.15, -0.1) is 11.3 Å². The van der Waals surface area contributed by atoms with Crippen LogP contribution in [0.1, 0.15) is 24.6 Å². The van der Waals surface area contributed by atoms with Crippen molar-refractivity contribution in [2.75, 3.05) is 13.6 Å². The molecular formula is C13H19NO3S. The van der Waals surface area contributed by atoms with Crippen LogP contribution in [0.4, 0.5) is 0 Å². The van der Waals surface area contributed by atoms with E-state index in [-0.39, 0.29) is 12.5 Å². The number of nitrogens with zero attached hydrogens (tertiary/aromatic N) is 1. The molecule has 0 radical (unpaired) electrons. The van der Waals surface area contributed by atoms with E-state index in [0.717, 1.165) is 12.8 Å². The van der Waals surface area contributed by atoms with E-state index in [1.165, 1.54) is 9.78 Å². The first-order chi connectivity index (χ1) is 8.50. The summed E-state index contributed by atoms with van der Waals surface area (Å²) in [6.07, 6.45) is 2.19. The second kappa shape index (κ2) is 7.16. The van der Waals surface area contributed by atoms with Crippen LogP contribution in [0.15, 0.2) is 17.5 Å². The molecule has 100 valence electrons. The summed E-state index contributed by atoms with van der Waals surface area (Å²) < 4.78 is 0. The zero-order chi connectivity index (χ0) is 13.5. The van der Waals surface area contributed by atoms with Crippen LogP contribution in [-0.2, 0) is 16.0 Å². The molecule has 0 bridgehead atoms. The van der Waals surface area contributed by atoms with Crippen LogP contribution in [-0.4, -0.2) is 35.5 Å². The maximum atomic E-state index is 11.8. The van der Waals surface area contributed by atoms with E-state index in [1.54, 1.807) is 25.3 Å². The quantitative estimate of drug-likeness (QED) is 0.826. The van der Waals surface area contributed by atoms with Crippen LogP contribution < -0.4 is 0 Å². The van der Waals surface area contributed by atoms with E-state index in [0.29, 0.717) is 6.42 Å². The van der Waals surface area contributed by atoms with Crippen molar-refractivity contribution in [3.63, 3.8) is 0 Å². The zero-order valence-corrected chi connectivity index (χ0v) is 11.6. The fourth-order valence-corrected chi connectivity index (χ4v) is 2.40. The number of hydrogen-bond acceptors (Lipinski definition) is 3. The summed E-state index contributed by atoms with van der Waals surface area (Å²) in [5, 5.41) is 10.8. The molecule has 1 atom stereocenters. The minimum absolute atomic E-state index is 0.0136.